The van der Waals surface area contributed by atoms with Gasteiger partial charge in [-0.25, -0.2) is 0 Å². The van der Waals surface area contributed by atoms with Crippen LogP contribution in [0.1, 0.15) is 12.8 Å². The number of hydrogen-bond acceptors (Lipinski definition) is 5. The summed E-state index contributed by atoms with van der Waals surface area (Å²) >= 11 is 0. The zero-order valence-electron chi connectivity index (χ0n) is 11.8. The van der Waals surface area contributed by atoms with Crippen molar-refractivity contribution in [3.63, 3.8) is 0 Å². The molecule has 1 rings (SSSR count). The Kier molecular flexibility index (Phi) is 7.13. The largest absolute Gasteiger partial charge is 0.494 e. The van der Waals surface area contributed by atoms with E-state index in [-0.39, 0.29) is 18.4 Å². The molecule has 2 N–H and O–H groups in total. The van der Waals surface area contributed by atoms with E-state index in [1.54, 1.807) is 31.3 Å². The van der Waals surface area contributed by atoms with Crippen molar-refractivity contribution in [2.75, 3.05) is 32.6 Å². The van der Waals surface area contributed by atoms with Gasteiger partial charge in [0.15, 0.2) is 0 Å². The van der Waals surface area contributed by atoms with Crippen LogP contribution in [-0.4, -0.2) is 39.2 Å². The first-order valence-electron chi connectivity index (χ1n) is 6.40. The van der Waals surface area contributed by atoms with Crippen molar-refractivity contribution in [2.24, 2.45) is 0 Å². The zero-order valence-corrected chi connectivity index (χ0v) is 11.8. The minimum Gasteiger partial charge on any atom is -0.494 e. The van der Waals surface area contributed by atoms with E-state index < -0.39 is 0 Å². The summed E-state index contributed by atoms with van der Waals surface area (Å²) in [6.07, 6.45) is 0.946. The van der Waals surface area contributed by atoms with Gasteiger partial charge in [0, 0.05) is 12.1 Å². The summed E-state index contributed by atoms with van der Waals surface area (Å²) in [7, 11) is 3.08. The average Bonchev–Trinajstić information content (AvgIpc) is 2.45. The van der Waals surface area contributed by atoms with Crippen LogP contribution in [0, 0.1) is 0 Å². The maximum Gasteiger partial charge on any atom is 0.305 e. The normalized spacial score (nSPS) is 9.90. The summed E-state index contributed by atoms with van der Waals surface area (Å²) in [5.41, 5.74) is 0.715. The number of hydrogen-bond donors (Lipinski definition) is 2. The third-order valence-electron chi connectivity index (χ3n) is 2.50. The number of carbonyl (C=O) groups excluding carboxylic acids is 2. The maximum atomic E-state index is 11.4. The average molecular weight is 280 g/mol. The van der Waals surface area contributed by atoms with Crippen molar-refractivity contribution < 1.29 is 19.1 Å². The van der Waals surface area contributed by atoms with Crippen LogP contribution < -0.4 is 15.4 Å². The quantitative estimate of drug-likeness (QED) is 0.552. The minimum absolute atomic E-state index is 0.0979. The third kappa shape index (κ3) is 6.19. The molecule has 0 aromatic heterocycles. The van der Waals surface area contributed by atoms with E-state index in [4.69, 9.17) is 4.74 Å². The van der Waals surface area contributed by atoms with Gasteiger partial charge in [-0.05, 0) is 37.7 Å². The second-order valence-electron chi connectivity index (χ2n) is 4.13. The lowest BCUT2D eigenvalue weighted by molar-refractivity contribution is -0.140. The van der Waals surface area contributed by atoms with E-state index in [1.807, 2.05) is 0 Å². The van der Waals surface area contributed by atoms with E-state index in [0.717, 1.165) is 0 Å². The van der Waals surface area contributed by atoms with Crippen molar-refractivity contribution in [1.29, 1.82) is 0 Å². The van der Waals surface area contributed by atoms with Gasteiger partial charge in [0.25, 0.3) is 0 Å². The summed E-state index contributed by atoms with van der Waals surface area (Å²) in [6.45, 7) is 0.715. The molecule has 0 radical (unpaired) electrons. The predicted molar refractivity (Wildman–Crippen MR) is 75.7 cm³/mol. The molecule has 0 spiro atoms. The molecule has 6 nitrogen and oxygen atoms in total. The van der Waals surface area contributed by atoms with Gasteiger partial charge in [-0.1, -0.05) is 0 Å². The highest BCUT2D eigenvalue weighted by molar-refractivity contribution is 5.92. The second-order valence-corrected chi connectivity index (χ2v) is 4.13. The first-order valence-corrected chi connectivity index (χ1v) is 6.40. The van der Waals surface area contributed by atoms with Crippen LogP contribution in [0.5, 0.6) is 5.75 Å². The second kappa shape index (κ2) is 8.92. The standard InChI is InChI=1S/C14H20N2O4/c1-15-10-13(17)16-11-5-7-12(8-6-11)20-9-3-4-14(18)19-2/h5-8,15H,3-4,9-10H2,1-2H3,(H,16,17). The molecule has 1 aromatic carbocycles. The fraction of sp³-hybridized carbons (Fsp3) is 0.429. The lowest BCUT2D eigenvalue weighted by Crippen LogP contribution is -2.24. The number of carbonyl (C=O) groups is 2. The number of anilines is 1. The molecule has 0 unspecified atom stereocenters. The Bertz CT molecular complexity index is 431. The Morgan fingerprint density at radius 3 is 2.50 bits per heavy atom. The van der Waals surface area contributed by atoms with Crippen molar-refractivity contribution in [3.8, 4) is 5.75 Å². The predicted octanol–water partition coefficient (Wildman–Crippen LogP) is 1.18. The van der Waals surface area contributed by atoms with Crippen LogP contribution in [0.15, 0.2) is 24.3 Å². The third-order valence-corrected chi connectivity index (χ3v) is 2.50. The molecule has 0 atom stereocenters. The Hall–Kier alpha value is -2.08. The van der Waals surface area contributed by atoms with E-state index in [1.165, 1.54) is 7.11 Å². The molecule has 0 aliphatic heterocycles. The van der Waals surface area contributed by atoms with Crippen molar-refractivity contribution in [2.45, 2.75) is 12.8 Å². The minimum atomic E-state index is -0.240. The lowest BCUT2D eigenvalue weighted by atomic mass is 10.3. The first-order chi connectivity index (χ1) is 9.65. The van der Waals surface area contributed by atoms with Crippen LogP contribution >= 0.6 is 0 Å². The molecule has 0 aliphatic carbocycles. The molecule has 1 aromatic rings. The monoisotopic (exact) mass is 280 g/mol. The van der Waals surface area contributed by atoms with Crippen LogP contribution in [0.4, 0.5) is 5.69 Å². The van der Waals surface area contributed by atoms with E-state index >= 15 is 0 Å². The maximum absolute atomic E-state index is 11.4. The molecule has 0 fully saturated rings. The lowest BCUT2D eigenvalue weighted by Gasteiger charge is -2.08. The highest BCUT2D eigenvalue weighted by Crippen LogP contribution is 2.15. The SMILES string of the molecule is CNCC(=O)Nc1ccc(OCCCC(=O)OC)cc1. The van der Waals surface area contributed by atoms with Gasteiger partial charge in [0.2, 0.25) is 5.91 Å². The van der Waals surface area contributed by atoms with Crippen molar-refractivity contribution >= 4 is 17.6 Å². The summed E-state index contributed by atoms with van der Waals surface area (Å²) in [5, 5.41) is 5.51. The number of rotatable bonds is 8. The molecule has 0 heterocycles. The van der Waals surface area contributed by atoms with Crippen LogP contribution in [0.25, 0.3) is 0 Å². The number of benzene rings is 1. The van der Waals surface area contributed by atoms with Gasteiger partial charge in [0.05, 0.1) is 20.3 Å². The molecule has 110 valence electrons. The molecule has 0 bridgehead atoms. The summed E-state index contributed by atoms with van der Waals surface area (Å²) in [5.74, 6) is 0.358. The van der Waals surface area contributed by atoms with Crippen molar-refractivity contribution in [3.05, 3.63) is 24.3 Å². The number of methoxy groups -OCH3 is 1. The molecule has 0 aliphatic rings. The summed E-state index contributed by atoms with van der Waals surface area (Å²) < 4.78 is 10.0. The molecule has 20 heavy (non-hydrogen) atoms. The number of amides is 1. The van der Waals surface area contributed by atoms with Gasteiger partial charge in [-0.15, -0.1) is 0 Å². The number of esters is 1. The Labute approximate surface area is 118 Å². The number of nitrogens with one attached hydrogen (secondary N) is 2. The summed E-state index contributed by atoms with van der Waals surface area (Å²) in [4.78, 5) is 22.3. The van der Waals surface area contributed by atoms with Gasteiger partial charge in [-0.3, -0.25) is 9.59 Å². The molecule has 1 amide bonds. The highest BCUT2D eigenvalue weighted by Gasteiger charge is 2.02. The first kappa shape index (κ1) is 16.0. The molecule has 6 heteroatoms. The van der Waals surface area contributed by atoms with Gasteiger partial charge in [0.1, 0.15) is 5.75 Å². The molecular weight excluding hydrogens is 260 g/mol. The summed E-state index contributed by atoms with van der Waals surface area (Å²) in [6, 6.07) is 7.08. The van der Waals surface area contributed by atoms with Gasteiger partial charge in [-0.2, -0.15) is 0 Å². The molecule has 0 saturated carbocycles. The Balaban J connectivity index is 2.31. The number of likely N-dealkylation sites (N-methyl/N-ethyl adjacent to an activating group) is 1. The van der Waals surface area contributed by atoms with Crippen LogP contribution in [-0.2, 0) is 14.3 Å². The topological polar surface area (TPSA) is 76.7 Å². The van der Waals surface area contributed by atoms with E-state index in [2.05, 4.69) is 15.4 Å². The highest BCUT2D eigenvalue weighted by atomic mass is 16.5. The smallest absolute Gasteiger partial charge is 0.305 e. The Morgan fingerprint density at radius 2 is 1.90 bits per heavy atom. The fourth-order valence-corrected chi connectivity index (χ4v) is 1.51. The van der Waals surface area contributed by atoms with Crippen LogP contribution in [0.2, 0.25) is 0 Å². The number of ether oxygens (including phenoxy) is 2. The van der Waals surface area contributed by atoms with E-state index in [0.29, 0.717) is 30.9 Å². The molecule has 0 saturated heterocycles. The zero-order chi connectivity index (χ0) is 14.8. The van der Waals surface area contributed by atoms with Gasteiger partial charge < -0.3 is 20.1 Å². The van der Waals surface area contributed by atoms with E-state index in [9.17, 15) is 9.59 Å². The van der Waals surface area contributed by atoms with Crippen LogP contribution in [0.3, 0.4) is 0 Å². The Morgan fingerprint density at radius 1 is 1.20 bits per heavy atom. The van der Waals surface area contributed by atoms with Gasteiger partial charge >= 0.3 is 5.97 Å². The fourth-order valence-electron chi connectivity index (χ4n) is 1.51. The van der Waals surface area contributed by atoms with Crippen molar-refractivity contribution in [1.82, 2.24) is 5.32 Å². The molecular formula is C14H20N2O4.